The largest absolute Gasteiger partial charge is 0.333 e. The quantitative estimate of drug-likeness (QED) is 0.657. The molecular formula is C21H23N3O. The lowest BCUT2D eigenvalue weighted by molar-refractivity contribution is -0.116. The minimum atomic E-state index is 0.0767. The van der Waals surface area contributed by atoms with E-state index >= 15 is 0 Å². The second-order valence-corrected chi connectivity index (χ2v) is 6.16. The molecule has 25 heavy (non-hydrogen) atoms. The first kappa shape index (κ1) is 17.0. The number of nitrogens with zero attached hydrogens (tertiary/aromatic N) is 3. The molecule has 2 aromatic carbocycles. The topological polar surface area (TPSA) is 38.1 Å². The Labute approximate surface area is 148 Å². The van der Waals surface area contributed by atoms with Crippen LogP contribution in [0.3, 0.4) is 0 Å². The van der Waals surface area contributed by atoms with Crippen LogP contribution >= 0.6 is 0 Å². The highest BCUT2D eigenvalue weighted by Crippen LogP contribution is 2.18. The van der Waals surface area contributed by atoms with Gasteiger partial charge in [0.2, 0.25) is 5.91 Å². The van der Waals surface area contributed by atoms with Gasteiger partial charge >= 0.3 is 0 Å². The van der Waals surface area contributed by atoms with Gasteiger partial charge in [-0.25, -0.2) is 4.98 Å². The van der Waals surface area contributed by atoms with Crippen LogP contribution in [0.4, 0.5) is 5.69 Å². The lowest BCUT2D eigenvalue weighted by Crippen LogP contribution is -2.29. The van der Waals surface area contributed by atoms with Crippen LogP contribution in [0.25, 0.3) is 0 Å². The molecule has 1 amide bonds. The number of carbonyl (C=O) groups is 1. The van der Waals surface area contributed by atoms with Crippen LogP contribution in [-0.2, 0) is 17.8 Å². The van der Waals surface area contributed by atoms with E-state index in [1.165, 1.54) is 5.56 Å². The summed E-state index contributed by atoms with van der Waals surface area (Å²) in [6, 6.07) is 18.6. The lowest BCUT2D eigenvalue weighted by Gasteiger charge is -2.22. The summed E-state index contributed by atoms with van der Waals surface area (Å²) in [6.07, 6.45) is 7.43. The molecule has 0 spiro atoms. The number of aryl methyl sites for hydroxylation is 1. The smallest absolute Gasteiger partial charge is 0.223 e. The first-order chi connectivity index (χ1) is 12.2. The molecule has 0 atom stereocenters. The van der Waals surface area contributed by atoms with Crippen molar-refractivity contribution in [3.05, 3.63) is 84.4 Å². The molecular weight excluding hydrogens is 310 g/mol. The van der Waals surface area contributed by atoms with Crippen LogP contribution in [-0.4, -0.2) is 22.0 Å². The van der Waals surface area contributed by atoms with Crippen LogP contribution in [0.1, 0.15) is 24.5 Å². The number of hydrogen-bond acceptors (Lipinski definition) is 2. The summed E-state index contributed by atoms with van der Waals surface area (Å²) in [6.45, 7) is 3.10. The molecule has 0 saturated heterocycles. The number of benzene rings is 2. The third-order valence-corrected chi connectivity index (χ3v) is 4.22. The van der Waals surface area contributed by atoms with Gasteiger partial charge in [-0.2, -0.15) is 0 Å². The molecule has 0 aliphatic heterocycles. The van der Waals surface area contributed by atoms with E-state index < -0.39 is 0 Å². The fourth-order valence-corrected chi connectivity index (χ4v) is 2.97. The van der Waals surface area contributed by atoms with E-state index in [1.54, 1.807) is 19.4 Å². The molecule has 128 valence electrons. The van der Waals surface area contributed by atoms with Gasteiger partial charge in [-0.05, 0) is 36.1 Å². The van der Waals surface area contributed by atoms with Gasteiger partial charge in [-0.1, -0.05) is 42.5 Å². The Bertz CT molecular complexity index is 797. The SMILES string of the molecule is CC(=O)N(CCCc1ccccc1)c1cccc(Cn2ccnc2)c1. The molecule has 0 fully saturated rings. The first-order valence-corrected chi connectivity index (χ1v) is 8.59. The fourth-order valence-electron chi connectivity index (χ4n) is 2.97. The normalized spacial score (nSPS) is 10.6. The van der Waals surface area contributed by atoms with Crippen LogP contribution in [0.15, 0.2) is 73.3 Å². The Balaban J connectivity index is 1.66. The molecule has 1 aromatic heterocycles. The van der Waals surface area contributed by atoms with Gasteiger partial charge in [-0.3, -0.25) is 4.79 Å². The maximum atomic E-state index is 12.1. The van der Waals surface area contributed by atoms with Crippen molar-refractivity contribution in [2.75, 3.05) is 11.4 Å². The van der Waals surface area contributed by atoms with Crippen molar-refractivity contribution in [2.24, 2.45) is 0 Å². The summed E-state index contributed by atoms with van der Waals surface area (Å²) in [7, 11) is 0. The number of hydrogen-bond donors (Lipinski definition) is 0. The Morgan fingerprint density at radius 2 is 1.88 bits per heavy atom. The van der Waals surface area contributed by atoms with E-state index in [4.69, 9.17) is 0 Å². The number of carbonyl (C=O) groups excluding carboxylic acids is 1. The van der Waals surface area contributed by atoms with Crippen LogP contribution in [0.2, 0.25) is 0 Å². The molecule has 3 rings (SSSR count). The minimum Gasteiger partial charge on any atom is -0.333 e. The molecule has 0 bridgehead atoms. The van der Waals surface area contributed by atoms with Crippen molar-refractivity contribution in [1.82, 2.24) is 9.55 Å². The highest BCUT2D eigenvalue weighted by molar-refractivity contribution is 5.91. The van der Waals surface area contributed by atoms with E-state index in [0.717, 1.165) is 37.2 Å². The highest BCUT2D eigenvalue weighted by atomic mass is 16.2. The Morgan fingerprint density at radius 1 is 1.08 bits per heavy atom. The summed E-state index contributed by atoms with van der Waals surface area (Å²) >= 11 is 0. The standard InChI is InChI=1S/C21H23N3O/c1-18(25)24(13-6-10-19-7-3-2-4-8-19)21-11-5-9-20(15-21)16-23-14-12-22-17-23/h2-5,7-9,11-12,14-15,17H,6,10,13,16H2,1H3. The monoisotopic (exact) mass is 333 g/mol. The Morgan fingerprint density at radius 3 is 2.60 bits per heavy atom. The fraction of sp³-hybridized carbons (Fsp3) is 0.238. The van der Waals surface area contributed by atoms with E-state index in [9.17, 15) is 4.79 Å². The second kappa shape index (κ2) is 8.29. The summed E-state index contributed by atoms with van der Waals surface area (Å²) in [5.41, 5.74) is 3.42. The number of rotatable bonds is 7. The number of aromatic nitrogens is 2. The molecule has 4 heteroatoms. The van der Waals surface area contributed by atoms with Gasteiger partial charge < -0.3 is 9.47 Å². The zero-order valence-electron chi connectivity index (χ0n) is 14.5. The third kappa shape index (κ3) is 4.80. The van der Waals surface area contributed by atoms with Crippen LogP contribution in [0.5, 0.6) is 0 Å². The summed E-state index contributed by atoms with van der Waals surface area (Å²) in [5.74, 6) is 0.0767. The second-order valence-electron chi connectivity index (χ2n) is 6.16. The zero-order valence-corrected chi connectivity index (χ0v) is 14.5. The molecule has 0 N–H and O–H groups in total. The summed E-state index contributed by atoms with van der Waals surface area (Å²) < 4.78 is 2.02. The zero-order chi connectivity index (χ0) is 17.5. The molecule has 0 aliphatic carbocycles. The lowest BCUT2D eigenvalue weighted by atomic mass is 10.1. The Kier molecular flexibility index (Phi) is 5.62. The van der Waals surface area contributed by atoms with Crippen LogP contribution in [0, 0.1) is 0 Å². The predicted octanol–water partition coefficient (Wildman–Crippen LogP) is 3.92. The van der Waals surface area contributed by atoms with Gasteiger partial charge in [0.15, 0.2) is 0 Å². The molecule has 0 aliphatic rings. The van der Waals surface area contributed by atoms with E-state index in [1.807, 2.05) is 33.9 Å². The van der Waals surface area contributed by atoms with E-state index in [0.29, 0.717) is 0 Å². The molecule has 0 saturated carbocycles. The van der Waals surface area contributed by atoms with Crippen LogP contribution < -0.4 is 4.90 Å². The third-order valence-electron chi connectivity index (χ3n) is 4.22. The van der Waals surface area contributed by atoms with Crippen molar-refractivity contribution < 1.29 is 4.79 Å². The van der Waals surface area contributed by atoms with Crippen molar-refractivity contribution in [3.63, 3.8) is 0 Å². The van der Waals surface area contributed by atoms with Crippen molar-refractivity contribution in [1.29, 1.82) is 0 Å². The molecule has 1 heterocycles. The van der Waals surface area contributed by atoms with Crippen molar-refractivity contribution >= 4 is 11.6 Å². The van der Waals surface area contributed by atoms with Gasteiger partial charge in [-0.15, -0.1) is 0 Å². The maximum Gasteiger partial charge on any atom is 0.223 e. The minimum absolute atomic E-state index is 0.0767. The van der Waals surface area contributed by atoms with Gasteiger partial charge in [0.1, 0.15) is 0 Å². The van der Waals surface area contributed by atoms with E-state index in [2.05, 4.69) is 41.4 Å². The van der Waals surface area contributed by atoms with Crippen molar-refractivity contribution in [3.8, 4) is 0 Å². The van der Waals surface area contributed by atoms with E-state index in [-0.39, 0.29) is 5.91 Å². The van der Waals surface area contributed by atoms with Gasteiger partial charge in [0, 0.05) is 38.1 Å². The Hall–Kier alpha value is -2.88. The molecule has 0 radical (unpaired) electrons. The maximum absolute atomic E-state index is 12.1. The summed E-state index contributed by atoms with van der Waals surface area (Å²) in [5, 5.41) is 0. The van der Waals surface area contributed by atoms with Gasteiger partial charge in [0.25, 0.3) is 0 Å². The average molecular weight is 333 g/mol. The highest BCUT2D eigenvalue weighted by Gasteiger charge is 2.11. The average Bonchev–Trinajstić information content (AvgIpc) is 3.12. The number of amides is 1. The predicted molar refractivity (Wildman–Crippen MR) is 101 cm³/mol. The molecule has 4 nitrogen and oxygen atoms in total. The molecule has 0 unspecified atom stereocenters. The number of imidazole rings is 1. The number of anilines is 1. The molecule has 3 aromatic rings. The first-order valence-electron chi connectivity index (χ1n) is 8.59. The summed E-state index contributed by atoms with van der Waals surface area (Å²) in [4.78, 5) is 18.1. The van der Waals surface area contributed by atoms with Crippen molar-refractivity contribution in [2.45, 2.75) is 26.3 Å². The van der Waals surface area contributed by atoms with Gasteiger partial charge in [0.05, 0.1) is 6.33 Å².